The van der Waals surface area contributed by atoms with Gasteiger partial charge in [-0.05, 0) is 158 Å². The summed E-state index contributed by atoms with van der Waals surface area (Å²) in [5.41, 5.74) is 23.4. The lowest BCUT2D eigenvalue weighted by molar-refractivity contribution is 0.660. The molecule has 0 saturated carbocycles. The maximum atomic E-state index is 2.59. The van der Waals surface area contributed by atoms with E-state index in [1.165, 1.54) is 121 Å². The minimum atomic E-state index is -0.519. The van der Waals surface area contributed by atoms with Crippen molar-refractivity contribution < 1.29 is 0 Å². The van der Waals surface area contributed by atoms with Crippen LogP contribution in [-0.4, -0.2) is 0 Å². The molecule has 12 aromatic rings. The molecule has 0 fully saturated rings. The molecule has 15 rings (SSSR count). The van der Waals surface area contributed by atoms with Gasteiger partial charge in [0.05, 0.1) is 11.1 Å². The molecule has 332 valence electrons. The van der Waals surface area contributed by atoms with Crippen LogP contribution in [0.3, 0.4) is 0 Å². The normalized spacial score (nSPS) is 14.0. The molecule has 71 heavy (non-hydrogen) atoms. The van der Waals surface area contributed by atoms with E-state index in [0.29, 0.717) is 0 Å². The van der Waals surface area contributed by atoms with Crippen LogP contribution in [-0.2, 0) is 10.8 Å². The summed E-state index contributed by atoms with van der Waals surface area (Å²) in [6.07, 6.45) is 0. The van der Waals surface area contributed by atoms with Crippen LogP contribution in [0.2, 0.25) is 0 Å². The fourth-order valence-corrected chi connectivity index (χ4v) is 13.3. The molecule has 1 heteroatoms. The Labute approximate surface area is 414 Å². The van der Waals surface area contributed by atoms with Crippen molar-refractivity contribution in [1.29, 1.82) is 0 Å². The Bertz CT molecular complexity index is 4110. The first kappa shape index (κ1) is 40.1. The molecule has 0 saturated heterocycles. The number of nitrogens with zero attached hydrogens (tertiary/aromatic N) is 1. The Balaban J connectivity index is 1.06. The van der Waals surface area contributed by atoms with Gasteiger partial charge in [-0.25, -0.2) is 0 Å². The monoisotopic (exact) mass is 901 g/mol. The molecule has 3 aliphatic rings. The van der Waals surface area contributed by atoms with Gasteiger partial charge in [0.1, 0.15) is 0 Å². The van der Waals surface area contributed by atoms with E-state index in [1.807, 2.05) is 0 Å². The van der Waals surface area contributed by atoms with E-state index >= 15 is 0 Å². The first-order chi connectivity index (χ1) is 35.0. The lowest BCUT2D eigenvalue weighted by Crippen LogP contribution is -2.26. The molecular formula is C70H47N. The smallest absolute Gasteiger partial charge is 0.0726 e. The molecule has 0 heterocycles. The van der Waals surface area contributed by atoms with Gasteiger partial charge in [-0.3, -0.25) is 0 Å². The zero-order chi connectivity index (χ0) is 47.0. The van der Waals surface area contributed by atoms with Crippen molar-refractivity contribution >= 4 is 49.4 Å². The summed E-state index contributed by atoms with van der Waals surface area (Å²) >= 11 is 0. The summed E-state index contributed by atoms with van der Waals surface area (Å²) in [6.45, 7) is 4.79. The fraction of sp³-hybridized carbons (Fsp3) is 0.0571. The molecule has 12 aromatic carbocycles. The van der Waals surface area contributed by atoms with Crippen molar-refractivity contribution in [2.24, 2.45) is 0 Å². The summed E-state index contributed by atoms with van der Waals surface area (Å²) in [4.78, 5) is 2.56. The number of anilines is 3. The Hall–Kier alpha value is -8.78. The molecule has 0 aliphatic heterocycles. The molecule has 0 amide bonds. The highest BCUT2D eigenvalue weighted by Crippen LogP contribution is 2.64. The van der Waals surface area contributed by atoms with Gasteiger partial charge in [-0.15, -0.1) is 0 Å². The number of rotatable bonds is 5. The van der Waals surface area contributed by atoms with E-state index in [1.54, 1.807) is 0 Å². The van der Waals surface area contributed by atoms with Crippen LogP contribution in [0, 0.1) is 0 Å². The van der Waals surface area contributed by atoms with E-state index < -0.39 is 5.41 Å². The van der Waals surface area contributed by atoms with Gasteiger partial charge >= 0.3 is 0 Å². The maximum Gasteiger partial charge on any atom is 0.0726 e. The average Bonchev–Trinajstić information content (AvgIpc) is 3.99. The van der Waals surface area contributed by atoms with Crippen molar-refractivity contribution in [3.05, 3.63) is 282 Å². The van der Waals surface area contributed by atoms with Crippen LogP contribution in [0.5, 0.6) is 0 Å². The predicted octanol–water partition coefficient (Wildman–Crippen LogP) is 18.6. The Morgan fingerprint density at radius 1 is 0.254 bits per heavy atom. The lowest BCUT2D eigenvalue weighted by atomic mass is 9.70. The van der Waals surface area contributed by atoms with Crippen LogP contribution < -0.4 is 4.90 Å². The van der Waals surface area contributed by atoms with Crippen molar-refractivity contribution in [3.63, 3.8) is 0 Å². The summed E-state index contributed by atoms with van der Waals surface area (Å²) in [6, 6.07) is 93.9. The summed E-state index contributed by atoms with van der Waals surface area (Å²) in [7, 11) is 0. The summed E-state index contributed by atoms with van der Waals surface area (Å²) in [5, 5.41) is 7.57. The van der Waals surface area contributed by atoms with E-state index in [0.717, 1.165) is 17.1 Å². The van der Waals surface area contributed by atoms with Crippen molar-refractivity contribution in [3.8, 4) is 55.6 Å². The van der Waals surface area contributed by atoms with Crippen LogP contribution in [0.4, 0.5) is 17.1 Å². The van der Waals surface area contributed by atoms with Gasteiger partial charge < -0.3 is 4.90 Å². The Morgan fingerprint density at radius 3 is 1.30 bits per heavy atom. The van der Waals surface area contributed by atoms with Crippen LogP contribution in [0.15, 0.2) is 249 Å². The predicted molar refractivity (Wildman–Crippen MR) is 298 cm³/mol. The fourth-order valence-electron chi connectivity index (χ4n) is 13.3. The molecule has 0 atom stereocenters. The van der Waals surface area contributed by atoms with Gasteiger partial charge in [0, 0.05) is 22.4 Å². The number of benzene rings is 12. The van der Waals surface area contributed by atoms with E-state index in [9.17, 15) is 0 Å². The van der Waals surface area contributed by atoms with Crippen LogP contribution in [0.1, 0.15) is 47.2 Å². The number of fused-ring (bicyclic) bond motifs is 19. The number of hydrogen-bond acceptors (Lipinski definition) is 1. The highest BCUT2D eigenvalue weighted by molar-refractivity contribution is 6.26. The van der Waals surface area contributed by atoms with E-state index in [-0.39, 0.29) is 5.41 Å². The minimum absolute atomic E-state index is 0.165. The molecule has 0 bridgehead atoms. The van der Waals surface area contributed by atoms with Gasteiger partial charge in [0.25, 0.3) is 0 Å². The van der Waals surface area contributed by atoms with Gasteiger partial charge in [-0.2, -0.15) is 0 Å². The summed E-state index contributed by atoms with van der Waals surface area (Å²) in [5.74, 6) is 0. The second-order valence-electron chi connectivity index (χ2n) is 20.3. The molecular weight excluding hydrogens is 855 g/mol. The second kappa shape index (κ2) is 14.9. The zero-order valence-corrected chi connectivity index (χ0v) is 39.6. The Kier molecular flexibility index (Phi) is 8.40. The molecule has 1 nitrogen and oxygen atoms in total. The van der Waals surface area contributed by atoms with E-state index in [2.05, 4.69) is 267 Å². The highest BCUT2D eigenvalue weighted by Gasteiger charge is 2.52. The summed E-state index contributed by atoms with van der Waals surface area (Å²) < 4.78 is 0. The van der Waals surface area contributed by atoms with Gasteiger partial charge in [0.2, 0.25) is 0 Å². The number of hydrogen-bond donors (Lipinski definition) is 0. The Morgan fingerprint density at radius 2 is 0.690 bits per heavy atom. The van der Waals surface area contributed by atoms with Gasteiger partial charge in [0.15, 0.2) is 0 Å². The van der Waals surface area contributed by atoms with Crippen molar-refractivity contribution in [2.45, 2.75) is 24.7 Å². The lowest BCUT2D eigenvalue weighted by Gasteiger charge is -2.33. The van der Waals surface area contributed by atoms with Crippen molar-refractivity contribution in [2.75, 3.05) is 4.90 Å². The molecule has 0 N–H and O–H groups in total. The molecule has 3 aliphatic carbocycles. The highest BCUT2D eigenvalue weighted by atomic mass is 15.1. The van der Waals surface area contributed by atoms with Crippen molar-refractivity contribution in [1.82, 2.24) is 0 Å². The third kappa shape index (κ3) is 5.52. The molecule has 0 radical (unpaired) electrons. The standard InChI is InChI=1S/C70H47N/c1-69(2)62-28-14-10-24-54(62)58-38-34-46(40-66(58)69)59-42-61-57-27-13-17-31-65(57)70(63-29-15-11-25-55(63)56-26-12-16-30-64(56)70)67(61)43-68(59)71(47-35-32-45(33-36-47)44-18-4-3-5-19-44)48-37-39-53-51-22-7-6-20-49(51)50-21-8-9-23-52(50)60(53)41-48/h3-43H,1-2H3. The van der Waals surface area contributed by atoms with Crippen LogP contribution >= 0.6 is 0 Å². The first-order valence-corrected chi connectivity index (χ1v) is 25.0. The van der Waals surface area contributed by atoms with Gasteiger partial charge in [-0.1, -0.05) is 220 Å². The average molecular weight is 902 g/mol. The van der Waals surface area contributed by atoms with Crippen LogP contribution in [0.25, 0.3) is 88.0 Å². The maximum absolute atomic E-state index is 2.59. The second-order valence-corrected chi connectivity index (χ2v) is 20.3. The van der Waals surface area contributed by atoms with E-state index in [4.69, 9.17) is 0 Å². The SMILES string of the molecule is CC1(C)c2ccccc2-c2ccc(-c3cc4c(cc3N(c3ccc(-c5ccccc5)cc3)c3ccc5c6ccccc6c6ccccc6c5c3)C3(c5ccccc5-c5ccccc53)c3ccccc3-4)cc21. The minimum Gasteiger partial charge on any atom is -0.310 e. The zero-order valence-electron chi connectivity index (χ0n) is 39.6. The molecule has 0 aromatic heterocycles. The third-order valence-electron chi connectivity index (χ3n) is 16.5. The third-order valence-corrected chi connectivity index (χ3v) is 16.5. The molecule has 1 spiro atoms. The topological polar surface area (TPSA) is 3.24 Å². The molecule has 0 unspecified atom stereocenters. The first-order valence-electron chi connectivity index (χ1n) is 25.0. The largest absolute Gasteiger partial charge is 0.310 e. The quantitative estimate of drug-likeness (QED) is 0.156.